The second-order valence-electron chi connectivity index (χ2n) is 10.8. The predicted octanol–water partition coefficient (Wildman–Crippen LogP) is 5.07. The van der Waals surface area contributed by atoms with Gasteiger partial charge in [0.1, 0.15) is 17.7 Å². The maximum Gasteiger partial charge on any atom is 0.408 e. The molecule has 9 heteroatoms. The van der Waals surface area contributed by atoms with E-state index < -0.39 is 35.6 Å². The Bertz CT molecular complexity index is 1140. The van der Waals surface area contributed by atoms with Crippen LogP contribution < -0.4 is 10.6 Å². The fourth-order valence-electron chi connectivity index (χ4n) is 4.40. The van der Waals surface area contributed by atoms with Crippen molar-refractivity contribution >= 4 is 35.4 Å². The van der Waals surface area contributed by atoms with Crippen molar-refractivity contribution in [2.24, 2.45) is 0 Å². The molecule has 0 fully saturated rings. The number of nitrogens with one attached hydrogen (secondary N) is 2. The van der Waals surface area contributed by atoms with Crippen LogP contribution in [0.15, 0.2) is 36.4 Å². The molecule has 0 aliphatic carbocycles. The zero-order valence-electron chi connectivity index (χ0n) is 24.4. The number of hydrogen-bond acceptors (Lipinski definition) is 6. The summed E-state index contributed by atoms with van der Waals surface area (Å²) in [6.07, 6.45) is 1.53. The summed E-state index contributed by atoms with van der Waals surface area (Å²) in [5.74, 6) is -0.269. The Labute approximate surface area is 236 Å². The highest BCUT2D eigenvalue weighted by Crippen LogP contribution is 2.29. The Morgan fingerprint density at radius 3 is 2.21 bits per heavy atom. The average Bonchev–Trinajstić information content (AvgIpc) is 2.83. The fraction of sp³-hybridized carbons (Fsp3) is 0.500. The van der Waals surface area contributed by atoms with Crippen molar-refractivity contribution in [2.75, 3.05) is 30.5 Å². The first-order chi connectivity index (χ1) is 18.3. The van der Waals surface area contributed by atoms with Gasteiger partial charge in [0, 0.05) is 12.2 Å². The van der Waals surface area contributed by atoms with E-state index in [-0.39, 0.29) is 13.2 Å². The maximum atomic E-state index is 14.1. The number of aliphatic hydroxyl groups excluding tert-OH is 1. The summed E-state index contributed by atoms with van der Waals surface area (Å²) in [5, 5.41) is 15.7. The lowest BCUT2D eigenvalue weighted by atomic mass is 9.96. The van der Waals surface area contributed by atoms with Gasteiger partial charge in [-0.15, -0.1) is 0 Å². The van der Waals surface area contributed by atoms with Crippen LogP contribution in [0.3, 0.4) is 0 Å². The summed E-state index contributed by atoms with van der Waals surface area (Å²) in [6, 6.07) is 9.45. The first-order valence-corrected chi connectivity index (χ1v) is 14.5. The SMILES string of the molecule is CSCCC(NC(=O)OC(C)(C)C)C(=O)N(CCO)C(C(=O)Nc1c(C)cccc1C)c1ccc(C)cc1C. The van der Waals surface area contributed by atoms with E-state index in [1.165, 1.54) is 4.90 Å². The molecule has 2 rings (SSSR count). The number of anilines is 1. The van der Waals surface area contributed by atoms with E-state index >= 15 is 0 Å². The number of nitrogens with zero attached hydrogens (tertiary/aromatic N) is 1. The molecule has 39 heavy (non-hydrogen) atoms. The Kier molecular flexibility index (Phi) is 11.9. The summed E-state index contributed by atoms with van der Waals surface area (Å²) in [5.41, 5.74) is 4.24. The third-order valence-corrected chi connectivity index (χ3v) is 6.88. The molecule has 214 valence electrons. The highest BCUT2D eigenvalue weighted by Gasteiger charge is 2.37. The number of benzene rings is 2. The van der Waals surface area contributed by atoms with Crippen LogP contribution >= 0.6 is 11.8 Å². The number of aliphatic hydroxyl groups is 1. The van der Waals surface area contributed by atoms with Gasteiger partial charge in [-0.25, -0.2) is 4.79 Å². The number of para-hydroxylation sites is 1. The molecule has 0 aliphatic heterocycles. The Morgan fingerprint density at radius 2 is 1.67 bits per heavy atom. The molecule has 2 atom stereocenters. The molecule has 0 saturated carbocycles. The summed E-state index contributed by atoms with van der Waals surface area (Å²) in [6.45, 7) is 12.5. The topological polar surface area (TPSA) is 108 Å². The number of rotatable bonds is 11. The molecular formula is C30H43N3O5S. The molecule has 0 heterocycles. The molecule has 3 N–H and O–H groups in total. The lowest BCUT2D eigenvalue weighted by Gasteiger charge is -2.35. The smallest absolute Gasteiger partial charge is 0.408 e. The first kappa shape index (κ1) is 32.2. The summed E-state index contributed by atoms with van der Waals surface area (Å²) in [7, 11) is 0. The van der Waals surface area contributed by atoms with Crippen molar-refractivity contribution in [1.82, 2.24) is 10.2 Å². The first-order valence-electron chi connectivity index (χ1n) is 13.1. The molecule has 0 saturated heterocycles. The van der Waals surface area contributed by atoms with Crippen LogP contribution in [0.25, 0.3) is 0 Å². The van der Waals surface area contributed by atoms with Gasteiger partial charge in [-0.1, -0.05) is 42.0 Å². The normalized spacial score (nSPS) is 12.8. The van der Waals surface area contributed by atoms with E-state index in [9.17, 15) is 19.5 Å². The number of thioether (sulfide) groups is 1. The minimum Gasteiger partial charge on any atom is -0.444 e. The van der Waals surface area contributed by atoms with E-state index in [0.717, 1.165) is 22.3 Å². The van der Waals surface area contributed by atoms with Crippen LogP contribution in [0.5, 0.6) is 0 Å². The Hall–Kier alpha value is -3.04. The molecule has 0 spiro atoms. The second kappa shape index (κ2) is 14.4. The number of hydrogen-bond donors (Lipinski definition) is 3. The van der Waals surface area contributed by atoms with Gasteiger partial charge in [-0.3, -0.25) is 9.59 Å². The lowest BCUT2D eigenvalue weighted by molar-refractivity contribution is -0.141. The van der Waals surface area contributed by atoms with Gasteiger partial charge in [0.2, 0.25) is 5.91 Å². The molecule has 0 bridgehead atoms. The number of ether oxygens (including phenoxy) is 1. The Balaban J connectivity index is 2.57. The summed E-state index contributed by atoms with van der Waals surface area (Å²) >= 11 is 1.54. The summed E-state index contributed by atoms with van der Waals surface area (Å²) < 4.78 is 5.41. The van der Waals surface area contributed by atoms with Crippen molar-refractivity contribution in [3.05, 3.63) is 64.2 Å². The molecule has 0 aromatic heterocycles. The van der Waals surface area contributed by atoms with E-state index in [0.29, 0.717) is 23.4 Å². The third-order valence-electron chi connectivity index (χ3n) is 6.23. The van der Waals surface area contributed by atoms with Gasteiger partial charge in [0.05, 0.1) is 6.61 Å². The molecule has 0 radical (unpaired) electrons. The van der Waals surface area contributed by atoms with Crippen LogP contribution in [0.1, 0.15) is 61.1 Å². The molecule has 2 unspecified atom stereocenters. The van der Waals surface area contributed by atoms with Crippen molar-refractivity contribution in [2.45, 2.75) is 72.6 Å². The highest BCUT2D eigenvalue weighted by atomic mass is 32.2. The van der Waals surface area contributed by atoms with Gasteiger partial charge in [-0.05, 0) is 89.1 Å². The van der Waals surface area contributed by atoms with Crippen molar-refractivity contribution < 1.29 is 24.2 Å². The van der Waals surface area contributed by atoms with Crippen molar-refractivity contribution in [3.8, 4) is 0 Å². The van der Waals surface area contributed by atoms with Crippen LogP contribution in [0, 0.1) is 27.7 Å². The fourth-order valence-corrected chi connectivity index (χ4v) is 4.88. The second-order valence-corrected chi connectivity index (χ2v) is 11.7. The molecular weight excluding hydrogens is 514 g/mol. The van der Waals surface area contributed by atoms with Gasteiger partial charge in [-0.2, -0.15) is 11.8 Å². The molecule has 3 amide bonds. The van der Waals surface area contributed by atoms with Crippen LogP contribution in [-0.2, 0) is 14.3 Å². The van der Waals surface area contributed by atoms with E-state index in [4.69, 9.17) is 4.74 Å². The van der Waals surface area contributed by atoms with Gasteiger partial charge < -0.3 is 25.4 Å². The van der Waals surface area contributed by atoms with Gasteiger partial charge >= 0.3 is 6.09 Å². The minimum atomic E-state index is -1.04. The third kappa shape index (κ3) is 9.28. The van der Waals surface area contributed by atoms with E-state index in [2.05, 4.69) is 10.6 Å². The van der Waals surface area contributed by atoms with E-state index in [1.54, 1.807) is 32.5 Å². The molecule has 2 aromatic carbocycles. The van der Waals surface area contributed by atoms with Gasteiger partial charge in [0.25, 0.3) is 5.91 Å². The quantitative estimate of drug-likeness (QED) is 0.356. The molecule has 8 nitrogen and oxygen atoms in total. The number of alkyl carbamates (subject to hydrolysis) is 1. The molecule has 2 aromatic rings. The zero-order valence-corrected chi connectivity index (χ0v) is 25.2. The Morgan fingerprint density at radius 1 is 1.03 bits per heavy atom. The monoisotopic (exact) mass is 557 g/mol. The summed E-state index contributed by atoms with van der Waals surface area (Å²) in [4.78, 5) is 42.1. The minimum absolute atomic E-state index is 0.0945. The zero-order chi connectivity index (χ0) is 29.3. The number of carbonyl (C=O) groups excluding carboxylic acids is 3. The number of aryl methyl sites for hydroxylation is 4. The number of carbonyl (C=O) groups is 3. The standard InChI is InChI=1S/C30H43N3O5S/c1-19-12-13-23(22(4)18-19)26(27(35)32-25-20(2)10-9-11-21(25)3)33(15-16-34)28(36)24(14-17-39-8)31-29(37)38-30(5,6)7/h9-13,18,24,26,34H,14-17H2,1-8H3,(H,31,37)(H,32,35). The highest BCUT2D eigenvalue weighted by molar-refractivity contribution is 7.98. The predicted molar refractivity (Wildman–Crippen MR) is 158 cm³/mol. The van der Waals surface area contributed by atoms with Crippen molar-refractivity contribution in [3.63, 3.8) is 0 Å². The van der Waals surface area contributed by atoms with E-state index in [1.807, 2.05) is 70.3 Å². The number of amides is 3. The van der Waals surface area contributed by atoms with Crippen LogP contribution in [0.2, 0.25) is 0 Å². The van der Waals surface area contributed by atoms with Crippen LogP contribution in [0.4, 0.5) is 10.5 Å². The molecule has 0 aliphatic rings. The van der Waals surface area contributed by atoms with Gasteiger partial charge in [0.15, 0.2) is 0 Å². The average molecular weight is 558 g/mol. The largest absolute Gasteiger partial charge is 0.444 e. The lowest BCUT2D eigenvalue weighted by Crippen LogP contribution is -2.53. The van der Waals surface area contributed by atoms with Crippen molar-refractivity contribution in [1.29, 1.82) is 0 Å². The van der Waals surface area contributed by atoms with Crippen LogP contribution in [-0.4, -0.2) is 64.7 Å². The maximum absolute atomic E-state index is 14.1.